The van der Waals surface area contributed by atoms with Crippen molar-refractivity contribution >= 4 is 21.8 Å². The number of nitrogens with zero attached hydrogens (tertiary/aromatic N) is 2. The van der Waals surface area contributed by atoms with E-state index >= 15 is 0 Å². The first-order valence-corrected chi connectivity index (χ1v) is 7.53. The molecule has 0 spiro atoms. The van der Waals surface area contributed by atoms with Crippen molar-refractivity contribution in [1.29, 1.82) is 0 Å². The van der Waals surface area contributed by atoms with Crippen LogP contribution in [0.15, 0.2) is 41.1 Å². The number of carbonyl (C=O) groups is 1. The van der Waals surface area contributed by atoms with E-state index in [2.05, 4.69) is 20.9 Å². The van der Waals surface area contributed by atoms with E-state index in [-0.39, 0.29) is 5.91 Å². The highest BCUT2D eigenvalue weighted by atomic mass is 79.9. The summed E-state index contributed by atoms with van der Waals surface area (Å²) in [5.41, 5.74) is 2.85. The number of rotatable bonds is 3. The fourth-order valence-corrected chi connectivity index (χ4v) is 3.05. The summed E-state index contributed by atoms with van der Waals surface area (Å²) in [5, 5.41) is 0. The van der Waals surface area contributed by atoms with E-state index in [1.165, 1.54) is 0 Å². The topological polar surface area (TPSA) is 42.4 Å². The van der Waals surface area contributed by atoms with Gasteiger partial charge >= 0.3 is 0 Å². The second-order valence-electron chi connectivity index (χ2n) is 4.97. The molecular weight excluding hydrogens is 332 g/mol. The van der Waals surface area contributed by atoms with E-state index in [1.807, 2.05) is 29.2 Å². The normalized spacial score (nSPS) is 14.0. The Balaban J connectivity index is 1.80. The largest absolute Gasteiger partial charge is 0.497 e. The van der Waals surface area contributed by atoms with E-state index < -0.39 is 0 Å². The molecule has 21 heavy (non-hydrogen) atoms. The summed E-state index contributed by atoms with van der Waals surface area (Å²) < 4.78 is 6.06. The van der Waals surface area contributed by atoms with Gasteiger partial charge in [-0.1, -0.05) is 12.1 Å². The molecule has 0 saturated heterocycles. The monoisotopic (exact) mass is 346 g/mol. The molecule has 2 heterocycles. The highest BCUT2D eigenvalue weighted by Gasteiger charge is 2.26. The van der Waals surface area contributed by atoms with Crippen molar-refractivity contribution in [3.05, 3.63) is 57.8 Å². The Labute approximate surface area is 131 Å². The van der Waals surface area contributed by atoms with Crippen LogP contribution in [0.2, 0.25) is 0 Å². The lowest BCUT2D eigenvalue weighted by Crippen LogP contribution is -2.37. The Morgan fingerprint density at radius 2 is 2.05 bits per heavy atom. The number of carbonyl (C=O) groups excluding carboxylic acids is 1. The number of aromatic nitrogens is 1. The van der Waals surface area contributed by atoms with Crippen LogP contribution in [0.25, 0.3) is 0 Å². The molecule has 1 aliphatic rings. The zero-order chi connectivity index (χ0) is 14.8. The van der Waals surface area contributed by atoms with Gasteiger partial charge in [0, 0.05) is 30.0 Å². The van der Waals surface area contributed by atoms with Crippen LogP contribution in [-0.4, -0.2) is 29.4 Å². The van der Waals surface area contributed by atoms with Gasteiger partial charge in [-0.15, -0.1) is 0 Å². The summed E-state index contributed by atoms with van der Waals surface area (Å²) in [7, 11) is 1.64. The molecule has 0 bridgehead atoms. The molecular formula is C16H15BrN2O2. The fraction of sp³-hybridized carbons (Fsp3) is 0.250. The number of amides is 1. The molecule has 1 aliphatic heterocycles. The molecule has 0 N–H and O–H groups in total. The Hall–Kier alpha value is -1.88. The average Bonchev–Trinajstić information content (AvgIpc) is 2.51. The van der Waals surface area contributed by atoms with Crippen molar-refractivity contribution in [3.63, 3.8) is 0 Å². The third kappa shape index (κ3) is 2.78. The number of halogens is 1. The molecule has 2 aromatic rings. The lowest BCUT2D eigenvalue weighted by molar-refractivity contribution is 0.0726. The minimum atomic E-state index is 0.0425. The predicted molar refractivity (Wildman–Crippen MR) is 83.4 cm³/mol. The number of ether oxygens (including phenoxy) is 1. The summed E-state index contributed by atoms with van der Waals surface area (Å²) >= 11 is 3.46. The van der Waals surface area contributed by atoms with Crippen molar-refractivity contribution in [3.8, 4) is 5.75 Å². The van der Waals surface area contributed by atoms with E-state index in [1.54, 1.807) is 19.5 Å². The summed E-state index contributed by atoms with van der Waals surface area (Å²) in [6, 6.07) is 7.80. The van der Waals surface area contributed by atoms with E-state index in [0.29, 0.717) is 12.1 Å². The van der Waals surface area contributed by atoms with Gasteiger partial charge in [0.1, 0.15) is 5.75 Å². The standard InChI is InChI=1S/C16H15BrN2O2/c1-21-12-4-2-11(3-5-12)10-19-7-6-13-14(16(19)20)8-18-9-15(13)17/h2-5,8-9H,6-7,10H2,1H3. The average molecular weight is 347 g/mol. The van der Waals surface area contributed by atoms with E-state index in [0.717, 1.165) is 34.3 Å². The summed E-state index contributed by atoms with van der Waals surface area (Å²) in [6.07, 6.45) is 4.24. The molecule has 1 aromatic carbocycles. The molecule has 0 saturated carbocycles. The molecule has 0 atom stereocenters. The fourth-order valence-electron chi connectivity index (χ4n) is 2.52. The summed E-state index contributed by atoms with van der Waals surface area (Å²) in [4.78, 5) is 18.5. The highest BCUT2D eigenvalue weighted by molar-refractivity contribution is 9.10. The van der Waals surface area contributed by atoms with Crippen LogP contribution in [-0.2, 0) is 13.0 Å². The molecule has 0 unspecified atom stereocenters. The predicted octanol–water partition coefficient (Wildman–Crippen LogP) is 3.05. The first-order valence-electron chi connectivity index (χ1n) is 6.73. The summed E-state index contributed by atoms with van der Waals surface area (Å²) in [5.74, 6) is 0.864. The Morgan fingerprint density at radius 1 is 1.29 bits per heavy atom. The maximum Gasteiger partial charge on any atom is 0.256 e. The van der Waals surface area contributed by atoms with Gasteiger partial charge in [-0.05, 0) is 45.6 Å². The smallest absolute Gasteiger partial charge is 0.256 e. The van der Waals surface area contributed by atoms with Crippen molar-refractivity contribution in [1.82, 2.24) is 9.88 Å². The van der Waals surface area contributed by atoms with Gasteiger partial charge in [0.15, 0.2) is 0 Å². The quantitative estimate of drug-likeness (QED) is 0.857. The maximum absolute atomic E-state index is 12.5. The number of pyridine rings is 1. The molecule has 108 valence electrons. The third-order valence-electron chi connectivity index (χ3n) is 3.69. The number of methoxy groups -OCH3 is 1. The zero-order valence-corrected chi connectivity index (χ0v) is 13.3. The molecule has 3 rings (SSSR count). The second-order valence-corrected chi connectivity index (χ2v) is 5.83. The number of hydrogen-bond donors (Lipinski definition) is 0. The maximum atomic E-state index is 12.5. The molecule has 1 amide bonds. The van der Waals surface area contributed by atoms with E-state index in [4.69, 9.17) is 4.74 Å². The SMILES string of the molecule is COc1ccc(CN2CCc3c(Br)cncc3C2=O)cc1. The van der Waals surface area contributed by atoms with Crippen LogP contribution in [0.4, 0.5) is 0 Å². The molecule has 0 aliphatic carbocycles. The molecule has 4 nitrogen and oxygen atoms in total. The van der Waals surface area contributed by atoms with Crippen molar-refractivity contribution in [2.75, 3.05) is 13.7 Å². The first-order chi connectivity index (χ1) is 10.2. The molecule has 0 fully saturated rings. The van der Waals surface area contributed by atoms with Gasteiger partial charge < -0.3 is 9.64 Å². The lowest BCUT2D eigenvalue weighted by atomic mass is 10.0. The third-order valence-corrected chi connectivity index (χ3v) is 4.37. The van der Waals surface area contributed by atoms with Gasteiger partial charge in [0.25, 0.3) is 5.91 Å². The van der Waals surface area contributed by atoms with Crippen molar-refractivity contribution in [2.24, 2.45) is 0 Å². The minimum absolute atomic E-state index is 0.0425. The number of fused-ring (bicyclic) bond motifs is 1. The van der Waals surface area contributed by atoms with Gasteiger partial charge in [0.05, 0.1) is 12.7 Å². The second kappa shape index (κ2) is 5.85. The molecule has 0 radical (unpaired) electrons. The van der Waals surface area contributed by atoms with Gasteiger partial charge in [-0.25, -0.2) is 0 Å². The molecule has 1 aromatic heterocycles. The van der Waals surface area contributed by atoms with Gasteiger partial charge in [0.2, 0.25) is 0 Å². The minimum Gasteiger partial charge on any atom is -0.497 e. The Kier molecular flexibility index (Phi) is 3.92. The van der Waals surface area contributed by atoms with Crippen LogP contribution in [0.1, 0.15) is 21.5 Å². The number of hydrogen-bond acceptors (Lipinski definition) is 3. The van der Waals surface area contributed by atoms with Crippen LogP contribution >= 0.6 is 15.9 Å². The number of benzene rings is 1. The Bertz CT molecular complexity index is 670. The van der Waals surface area contributed by atoms with Crippen LogP contribution in [0.3, 0.4) is 0 Å². The van der Waals surface area contributed by atoms with Crippen molar-refractivity contribution in [2.45, 2.75) is 13.0 Å². The van der Waals surface area contributed by atoms with Crippen molar-refractivity contribution < 1.29 is 9.53 Å². The zero-order valence-electron chi connectivity index (χ0n) is 11.7. The van der Waals surface area contributed by atoms with E-state index in [9.17, 15) is 4.79 Å². The lowest BCUT2D eigenvalue weighted by Gasteiger charge is -2.29. The van der Waals surface area contributed by atoms with Gasteiger partial charge in [-0.2, -0.15) is 0 Å². The molecule has 5 heteroatoms. The highest BCUT2D eigenvalue weighted by Crippen LogP contribution is 2.26. The van der Waals surface area contributed by atoms with Crippen LogP contribution in [0, 0.1) is 0 Å². The van der Waals surface area contributed by atoms with Gasteiger partial charge in [-0.3, -0.25) is 9.78 Å². The first kappa shape index (κ1) is 14.1. The Morgan fingerprint density at radius 3 is 2.76 bits per heavy atom. The van der Waals surface area contributed by atoms with Crippen LogP contribution in [0.5, 0.6) is 5.75 Å². The van der Waals surface area contributed by atoms with Crippen LogP contribution < -0.4 is 4.74 Å². The summed E-state index contributed by atoms with van der Waals surface area (Å²) in [6.45, 7) is 1.33.